The number of carboxylic acid groups (broad SMARTS) is 1. The van der Waals surface area contributed by atoms with Gasteiger partial charge in [0.05, 0.1) is 5.41 Å². The first-order chi connectivity index (χ1) is 8.64. The van der Waals surface area contributed by atoms with Crippen LogP contribution in [0, 0.1) is 23.7 Å². The summed E-state index contributed by atoms with van der Waals surface area (Å²) in [5, 5.41) is 9.50. The predicted octanol–water partition coefficient (Wildman–Crippen LogP) is 4.24. The quantitative estimate of drug-likeness (QED) is 0.542. The molecule has 0 unspecified atom stereocenters. The Hall–Kier alpha value is -0.970. The third-order valence-corrected chi connectivity index (χ3v) is 4.46. The maximum Gasteiger partial charge on any atom is 0.309 e. The largest absolute Gasteiger partial charge is 0.481 e. The highest BCUT2D eigenvalue weighted by atomic mass is 16.4. The second-order valence-corrected chi connectivity index (χ2v) is 5.73. The van der Waals surface area contributed by atoms with Gasteiger partial charge in [0.1, 0.15) is 0 Å². The van der Waals surface area contributed by atoms with Gasteiger partial charge in [0.2, 0.25) is 0 Å². The third kappa shape index (κ3) is 4.05. The van der Waals surface area contributed by atoms with Crippen LogP contribution in [0.1, 0.15) is 71.1 Å². The average molecular weight is 250 g/mol. The highest BCUT2D eigenvalue weighted by Crippen LogP contribution is 2.44. The molecule has 18 heavy (non-hydrogen) atoms. The Bertz CT molecular complexity index is 293. The monoisotopic (exact) mass is 250 g/mol. The molecule has 0 saturated heterocycles. The molecule has 0 spiro atoms. The molecule has 0 aromatic heterocycles. The third-order valence-electron chi connectivity index (χ3n) is 4.46. The molecule has 1 aliphatic rings. The first-order valence-electron chi connectivity index (χ1n) is 7.31. The van der Waals surface area contributed by atoms with E-state index in [9.17, 15) is 9.90 Å². The summed E-state index contributed by atoms with van der Waals surface area (Å²) in [6, 6.07) is 0. The normalized spacial score (nSPS) is 27.7. The molecule has 2 heteroatoms. The molecule has 2 nitrogen and oxygen atoms in total. The molecule has 102 valence electrons. The number of terminal acetylenes is 1. The average Bonchev–Trinajstić information content (AvgIpc) is 2.38. The zero-order chi connectivity index (χ0) is 13.4. The fourth-order valence-electron chi connectivity index (χ4n) is 3.11. The fourth-order valence-corrected chi connectivity index (χ4v) is 3.11. The van der Waals surface area contributed by atoms with Crippen LogP contribution >= 0.6 is 0 Å². The number of hydrogen-bond donors (Lipinski definition) is 1. The summed E-state index contributed by atoms with van der Waals surface area (Å²) in [7, 11) is 0. The summed E-state index contributed by atoms with van der Waals surface area (Å²) in [4.78, 5) is 11.5. The molecule has 0 aliphatic heterocycles. The molecule has 0 aromatic rings. The van der Waals surface area contributed by atoms with Crippen LogP contribution in [-0.2, 0) is 4.79 Å². The van der Waals surface area contributed by atoms with E-state index in [4.69, 9.17) is 6.42 Å². The molecule has 0 radical (unpaired) electrons. The number of carboxylic acids is 1. The number of rotatable bonds is 7. The topological polar surface area (TPSA) is 37.3 Å². The maximum atomic E-state index is 11.5. The highest BCUT2D eigenvalue weighted by molar-refractivity contribution is 5.74. The second-order valence-electron chi connectivity index (χ2n) is 5.73. The van der Waals surface area contributed by atoms with E-state index in [1.165, 1.54) is 19.3 Å². The highest BCUT2D eigenvalue weighted by Gasteiger charge is 2.40. The Kier molecular flexibility index (Phi) is 6.25. The van der Waals surface area contributed by atoms with E-state index in [-0.39, 0.29) is 0 Å². The van der Waals surface area contributed by atoms with E-state index in [1.807, 2.05) is 0 Å². The van der Waals surface area contributed by atoms with E-state index in [1.54, 1.807) is 0 Å². The Morgan fingerprint density at radius 2 is 2.06 bits per heavy atom. The van der Waals surface area contributed by atoms with Crippen LogP contribution in [0.15, 0.2) is 0 Å². The van der Waals surface area contributed by atoms with Gasteiger partial charge in [-0.1, -0.05) is 26.2 Å². The van der Waals surface area contributed by atoms with Gasteiger partial charge < -0.3 is 5.11 Å². The summed E-state index contributed by atoms with van der Waals surface area (Å²) >= 11 is 0. The summed E-state index contributed by atoms with van der Waals surface area (Å²) in [5.74, 6) is 2.76. The lowest BCUT2D eigenvalue weighted by molar-refractivity contribution is -0.152. The maximum absolute atomic E-state index is 11.5. The van der Waals surface area contributed by atoms with E-state index in [2.05, 4.69) is 12.8 Å². The standard InChI is InChI=1S/C16H26O2/c1-3-5-7-11-16(15(17)18)12-9-14(10-13-16)8-6-4-2/h1,14H,4-13H2,2H3,(H,17,18). The van der Waals surface area contributed by atoms with E-state index >= 15 is 0 Å². The van der Waals surface area contributed by atoms with Gasteiger partial charge in [0.15, 0.2) is 0 Å². The van der Waals surface area contributed by atoms with Crippen LogP contribution in [-0.4, -0.2) is 11.1 Å². The van der Waals surface area contributed by atoms with Crippen LogP contribution in [0.25, 0.3) is 0 Å². The summed E-state index contributed by atoms with van der Waals surface area (Å²) in [5.41, 5.74) is -0.473. The van der Waals surface area contributed by atoms with Gasteiger partial charge >= 0.3 is 5.97 Å². The van der Waals surface area contributed by atoms with Crippen molar-refractivity contribution in [2.45, 2.75) is 71.1 Å². The van der Waals surface area contributed by atoms with Gasteiger partial charge in [-0.15, -0.1) is 12.3 Å². The molecule has 1 fully saturated rings. The molecular formula is C16H26O2. The van der Waals surface area contributed by atoms with E-state index in [0.717, 1.165) is 44.4 Å². The van der Waals surface area contributed by atoms with Crippen molar-refractivity contribution in [1.82, 2.24) is 0 Å². The molecule has 0 heterocycles. The lowest BCUT2D eigenvalue weighted by Gasteiger charge is -2.37. The summed E-state index contributed by atoms with van der Waals surface area (Å²) in [6.45, 7) is 2.21. The van der Waals surface area contributed by atoms with Crippen molar-refractivity contribution in [1.29, 1.82) is 0 Å². The number of aliphatic carboxylic acids is 1. The lowest BCUT2D eigenvalue weighted by Crippen LogP contribution is -2.35. The van der Waals surface area contributed by atoms with Crippen molar-refractivity contribution in [3.05, 3.63) is 0 Å². The van der Waals surface area contributed by atoms with Crippen molar-refractivity contribution in [2.24, 2.45) is 11.3 Å². The van der Waals surface area contributed by atoms with Gasteiger partial charge in [0, 0.05) is 6.42 Å². The predicted molar refractivity (Wildman–Crippen MR) is 74.2 cm³/mol. The Balaban J connectivity index is 2.47. The molecule has 0 amide bonds. The fraction of sp³-hybridized carbons (Fsp3) is 0.812. The van der Waals surface area contributed by atoms with Crippen LogP contribution in [0.2, 0.25) is 0 Å². The van der Waals surface area contributed by atoms with Gasteiger partial charge in [-0.3, -0.25) is 4.79 Å². The minimum Gasteiger partial charge on any atom is -0.481 e. The number of carbonyl (C=O) groups is 1. The van der Waals surface area contributed by atoms with Gasteiger partial charge in [-0.05, 0) is 44.4 Å². The van der Waals surface area contributed by atoms with E-state index in [0.29, 0.717) is 6.42 Å². The number of unbranched alkanes of at least 4 members (excludes halogenated alkanes) is 2. The van der Waals surface area contributed by atoms with Crippen LogP contribution in [0.5, 0.6) is 0 Å². The van der Waals surface area contributed by atoms with Gasteiger partial charge in [-0.25, -0.2) is 0 Å². The molecule has 1 rings (SSSR count). The Morgan fingerprint density at radius 3 is 2.56 bits per heavy atom. The molecule has 0 aromatic carbocycles. The lowest BCUT2D eigenvalue weighted by atomic mass is 9.67. The van der Waals surface area contributed by atoms with Crippen molar-refractivity contribution in [2.75, 3.05) is 0 Å². The van der Waals surface area contributed by atoms with Gasteiger partial charge in [0.25, 0.3) is 0 Å². The zero-order valence-corrected chi connectivity index (χ0v) is 11.6. The molecule has 1 N–H and O–H groups in total. The molecule has 1 saturated carbocycles. The summed E-state index contributed by atoms with van der Waals surface area (Å²) in [6.07, 6.45) is 15.2. The molecular weight excluding hydrogens is 224 g/mol. The number of hydrogen-bond acceptors (Lipinski definition) is 1. The Labute approximate surface area is 111 Å². The first kappa shape index (κ1) is 15.1. The molecule has 1 aliphatic carbocycles. The molecule has 0 atom stereocenters. The zero-order valence-electron chi connectivity index (χ0n) is 11.6. The van der Waals surface area contributed by atoms with Crippen LogP contribution in [0.4, 0.5) is 0 Å². The first-order valence-corrected chi connectivity index (χ1v) is 7.31. The van der Waals surface area contributed by atoms with Crippen molar-refractivity contribution >= 4 is 5.97 Å². The smallest absolute Gasteiger partial charge is 0.309 e. The van der Waals surface area contributed by atoms with Crippen molar-refractivity contribution < 1.29 is 9.90 Å². The van der Waals surface area contributed by atoms with Gasteiger partial charge in [-0.2, -0.15) is 0 Å². The van der Waals surface area contributed by atoms with Crippen LogP contribution < -0.4 is 0 Å². The Morgan fingerprint density at radius 1 is 1.39 bits per heavy atom. The van der Waals surface area contributed by atoms with Crippen LogP contribution in [0.3, 0.4) is 0 Å². The van der Waals surface area contributed by atoms with Crippen molar-refractivity contribution in [3.63, 3.8) is 0 Å². The minimum absolute atomic E-state index is 0.473. The van der Waals surface area contributed by atoms with Crippen molar-refractivity contribution in [3.8, 4) is 12.3 Å². The van der Waals surface area contributed by atoms with E-state index < -0.39 is 11.4 Å². The minimum atomic E-state index is -0.603. The molecule has 0 bridgehead atoms. The second kappa shape index (κ2) is 7.46. The summed E-state index contributed by atoms with van der Waals surface area (Å²) < 4.78 is 0. The SMILES string of the molecule is C#CCCCC1(C(=O)O)CCC(CCCC)CC1.